The van der Waals surface area contributed by atoms with Gasteiger partial charge in [-0.2, -0.15) is 0 Å². The summed E-state index contributed by atoms with van der Waals surface area (Å²) in [5, 5.41) is 15.1. The number of ether oxygens (including phenoxy) is 1. The predicted molar refractivity (Wildman–Crippen MR) is 95.7 cm³/mol. The molecule has 1 heterocycles. The van der Waals surface area contributed by atoms with E-state index in [1.54, 1.807) is 6.07 Å². The number of nitrogens with one attached hydrogen (secondary N) is 2. The Labute approximate surface area is 148 Å². The Morgan fingerprint density at radius 3 is 2.68 bits per heavy atom. The summed E-state index contributed by atoms with van der Waals surface area (Å²) in [5.41, 5.74) is 1.66. The monoisotopic (exact) mass is 349 g/mol. The number of anilines is 1. The lowest BCUT2D eigenvalue weighted by Crippen LogP contribution is -2.42. The molecule has 1 unspecified atom stereocenters. The average Bonchev–Trinajstić information content (AvgIpc) is 2.60. The number of benzene rings is 1. The Hall–Kier alpha value is -1.96. The molecule has 1 aliphatic heterocycles. The summed E-state index contributed by atoms with van der Waals surface area (Å²) in [4.78, 5) is 25.8. The van der Waals surface area contributed by atoms with E-state index in [4.69, 9.17) is 4.74 Å². The summed E-state index contributed by atoms with van der Waals surface area (Å²) in [6.45, 7) is 6.70. The minimum atomic E-state index is -1.01. The van der Waals surface area contributed by atoms with Crippen LogP contribution in [-0.2, 0) is 14.3 Å². The first-order valence-electron chi connectivity index (χ1n) is 8.68. The number of nitrogens with zero attached hydrogens (tertiary/aromatic N) is 1. The third-order valence-corrected chi connectivity index (χ3v) is 4.25. The molecular formula is C18H27N3O4. The van der Waals surface area contributed by atoms with Crippen molar-refractivity contribution in [3.05, 3.63) is 29.8 Å². The Balaban J connectivity index is 1.73. The van der Waals surface area contributed by atoms with Crippen molar-refractivity contribution in [2.45, 2.75) is 25.8 Å². The molecule has 1 amide bonds. The highest BCUT2D eigenvalue weighted by molar-refractivity contribution is 5.94. The second-order valence-electron chi connectivity index (χ2n) is 6.22. The first-order chi connectivity index (χ1) is 12.1. The van der Waals surface area contributed by atoms with Gasteiger partial charge in [0.15, 0.2) is 0 Å². The van der Waals surface area contributed by atoms with Crippen LogP contribution in [0, 0.1) is 6.92 Å². The number of hydrogen-bond donors (Lipinski definition) is 3. The molecule has 3 N–H and O–H groups in total. The van der Waals surface area contributed by atoms with Gasteiger partial charge in [0.25, 0.3) is 0 Å². The fourth-order valence-corrected chi connectivity index (χ4v) is 2.75. The van der Waals surface area contributed by atoms with Crippen LogP contribution < -0.4 is 10.6 Å². The van der Waals surface area contributed by atoms with Gasteiger partial charge in [0.05, 0.1) is 19.6 Å². The minimum absolute atomic E-state index is 0.0960. The van der Waals surface area contributed by atoms with E-state index in [1.807, 2.05) is 25.1 Å². The maximum Gasteiger partial charge on any atom is 0.321 e. The van der Waals surface area contributed by atoms with Crippen molar-refractivity contribution < 1.29 is 19.4 Å². The number of carbonyl (C=O) groups excluding carboxylic acids is 1. The zero-order valence-electron chi connectivity index (χ0n) is 14.7. The van der Waals surface area contributed by atoms with Crippen molar-refractivity contribution in [1.82, 2.24) is 10.2 Å². The molecule has 1 atom stereocenters. The van der Waals surface area contributed by atoms with Gasteiger partial charge in [-0.3, -0.25) is 14.5 Å². The van der Waals surface area contributed by atoms with Gasteiger partial charge in [0.2, 0.25) is 5.91 Å². The molecule has 1 aromatic rings. The van der Waals surface area contributed by atoms with Crippen LogP contribution in [0.25, 0.3) is 0 Å². The van der Waals surface area contributed by atoms with E-state index in [0.717, 1.165) is 44.8 Å². The van der Waals surface area contributed by atoms with Gasteiger partial charge in [0, 0.05) is 18.8 Å². The quantitative estimate of drug-likeness (QED) is 0.578. The first kappa shape index (κ1) is 19.4. The van der Waals surface area contributed by atoms with Crippen molar-refractivity contribution >= 4 is 17.6 Å². The maximum absolute atomic E-state index is 12.1. The van der Waals surface area contributed by atoms with E-state index >= 15 is 0 Å². The summed E-state index contributed by atoms with van der Waals surface area (Å²) in [6, 6.07) is 6.54. The lowest BCUT2D eigenvalue weighted by atomic mass is 10.1. The van der Waals surface area contributed by atoms with Crippen LogP contribution in [0.3, 0.4) is 0 Å². The third kappa shape index (κ3) is 6.81. The van der Waals surface area contributed by atoms with E-state index in [-0.39, 0.29) is 12.3 Å². The van der Waals surface area contributed by atoms with Crippen LogP contribution >= 0.6 is 0 Å². The maximum atomic E-state index is 12.1. The number of carbonyl (C=O) groups is 2. The highest BCUT2D eigenvalue weighted by Gasteiger charge is 2.21. The molecular weight excluding hydrogens is 322 g/mol. The lowest BCUT2D eigenvalue weighted by Gasteiger charge is -2.26. The van der Waals surface area contributed by atoms with E-state index in [1.165, 1.54) is 0 Å². The van der Waals surface area contributed by atoms with Gasteiger partial charge in [-0.15, -0.1) is 0 Å². The zero-order chi connectivity index (χ0) is 18.1. The first-order valence-corrected chi connectivity index (χ1v) is 8.68. The summed E-state index contributed by atoms with van der Waals surface area (Å²) in [6.07, 6.45) is 0.740. The second kappa shape index (κ2) is 10.1. The highest BCUT2D eigenvalue weighted by Crippen LogP contribution is 2.13. The largest absolute Gasteiger partial charge is 0.480 e. The Bertz CT molecular complexity index is 573. The van der Waals surface area contributed by atoms with Crippen molar-refractivity contribution in [3.8, 4) is 0 Å². The van der Waals surface area contributed by atoms with Crippen molar-refractivity contribution in [2.24, 2.45) is 0 Å². The summed E-state index contributed by atoms with van der Waals surface area (Å²) < 4.78 is 5.30. The molecule has 138 valence electrons. The van der Waals surface area contributed by atoms with Gasteiger partial charge >= 0.3 is 5.97 Å². The molecule has 1 fully saturated rings. The smallest absolute Gasteiger partial charge is 0.321 e. The Morgan fingerprint density at radius 1 is 1.28 bits per heavy atom. The minimum Gasteiger partial charge on any atom is -0.480 e. The molecule has 0 aromatic heterocycles. The average molecular weight is 349 g/mol. The van der Waals surface area contributed by atoms with Crippen LogP contribution in [0.2, 0.25) is 0 Å². The molecule has 0 spiro atoms. The molecule has 1 aliphatic rings. The third-order valence-electron chi connectivity index (χ3n) is 4.25. The summed E-state index contributed by atoms with van der Waals surface area (Å²) in [5.74, 6) is -1.31. The van der Waals surface area contributed by atoms with E-state index in [2.05, 4.69) is 15.5 Å². The normalized spacial score (nSPS) is 16.4. The van der Waals surface area contributed by atoms with Gasteiger partial charge in [-0.05, 0) is 38.1 Å². The SMILES string of the molecule is Cc1ccccc1NC(=O)CC(NCCCN1CCOCC1)C(=O)O. The molecule has 7 heteroatoms. The summed E-state index contributed by atoms with van der Waals surface area (Å²) >= 11 is 0. The van der Waals surface area contributed by atoms with Gasteiger partial charge in [-0.1, -0.05) is 18.2 Å². The number of aliphatic carboxylic acids is 1. The zero-order valence-corrected chi connectivity index (χ0v) is 14.7. The fraction of sp³-hybridized carbons (Fsp3) is 0.556. The number of para-hydroxylation sites is 1. The van der Waals surface area contributed by atoms with E-state index in [9.17, 15) is 14.7 Å². The van der Waals surface area contributed by atoms with Crippen LogP contribution in [-0.4, -0.2) is 67.3 Å². The van der Waals surface area contributed by atoms with Crippen molar-refractivity contribution in [2.75, 3.05) is 44.7 Å². The second-order valence-corrected chi connectivity index (χ2v) is 6.22. The predicted octanol–water partition coefficient (Wildman–Crippen LogP) is 1.09. The number of carboxylic acids is 1. The number of carboxylic acid groups (broad SMARTS) is 1. The number of aryl methyl sites for hydroxylation is 1. The number of hydrogen-bond acceptors (Lipinski definition) is 5. The molecule has 0 saturated carbocycles. The van der Waals surface area contributed by atoms with Gasteiger partial charge in [0.1, 0.15) is 6.04 Å². The highest BCUT2D eigenvalue weighted by atomic mass is 16.5. The van der Waals surface area contributed by atoms with E-state index < -0.39 is 12.0 Å². The Kier molecular flexibility index (Phi) is 7.84. The van der Waals surface area contributed by atoms with E-state index in [0.29, 0.717) is 12.2 Å². The molecule has 0 bridgehead atoms. The summed E-state index contributed by atoms with van der Waals surface area (Å²) in [7, 11) is 0. The molecule has 1 aromatic carbocycles. The van der Waals surface area contributed by atoms with Crippen LogP contribution in [0.1, 0.15) is 18.4 Å². The molecule has 2 rings (SSSR count). The molecule has 25 heavy (non-hydrogen) atoms. The molecule has 1 saturated heterocycles. The lowest BCUT2D eigenvalue weighted by molar-refractivity contribution is -0.141. The molecule has 0 radical (unpaired) electrons. The van der Waals surface area contributed by atoms with Gasteiger partial charge < -0.3 is 20.5 Å². The van der Waals surface area contributed by atoms with Crippen LogP contribution in [0.15, 0.2) is 24.3 Å². The fourth-order valence-electron chi connectivity index (χ4n) is 2.75. The topological polar surface area (TPSA) is 90.9 Å². The number of amides is 1. The van der Waals surface area contributed by atoms with Gasteiger partial charge in [-0.25, -0.2) is 0 Å². The standard InChI is InChI=1S/C18H27N3O4/c1-14-5-2-3-6-15(14)20-17(22)13-16(18(23)24)19-7-4-8-21-9-11-25-12-10-21/h2-3,5-6,16,19H,4,7-13H2,1H3,(H,20,22)(H,23,24). The Morgan fingerprint density at radius 2 is 2.00 bits per heavy atom. The van der Waals surface area contributed by atoms with Crippen LogP contribution in [0.5, 0.6) is 0 Å². The molecule has 0 aliphatic carbocycles. The van der Waals surface area contributed by atoms with Crippen molar-refractivity contribution in [3.63, 3.8) is 0 Å². The molecule has 7 nitrogen and oxygen atoms in total. The van der Waals surface area contributed by atoms with Crippen LogP contribution in [0.4, 0.5) is 5.69 Å². The van der Waals surface area contributed by atoms with Crippen molar-refractivity contribution in [1.29, 1.82) is 0 Å². The number of rotatable bonds is 9. The number of morpholine rings is 1.